The molecule has 0 fully saturated rings. The highest BCUT2D eigenvalue weighted by atomic mass is 16.5. The van der Waals surface area contributed by atoms with Crippen LogP contribution >= 0.6 is 0 Å². The van der Waals surface area contributed by atoms with E-state index in [1.165, 1.54) is 18.2 Å². The maximum Gasteiger partial charge on any atom is 0.337 e. The van der Waals surface area contributed by atoms with E-state index in [-0.39, 0.29) is 5.78 Å². The molecule has 30 heavy (non-hydrogen) atoms. The highest BCUT2D eigenvalue weighted by molar-refractivity contribution is 6.09. The van der Waals surface area contributed by atoms with E-state index in [2.05, 4.69) is 40.2 Å². The second-order valence-corrected chi connectivity index (χ2v) is 7.63. The van der Waals surface area contributed by atoms with Crippen molar-refractivity contribution in [1.82, 2.24) is 9.88 Å². The number of fused-ring (bicyclic) bond motifs is 1. The van der Waals surface area contributed by atoms with Gasteiger partial charge in [-0.05, 0) is 48.7 Å². The summed E-state index contributed by atoms with van der Waals surface area (Å²) in [5, 5.41) is 0.774. The first-order valence-corrected chi connectivity index (χ1v) is 10.3. The molecule has 154 valence electrons. The molecule has 0 bridgehead atoms. The summed E-state index contributed by atoms with van der Waals surface area (Å²) >= 11 is 0. The first kappa shape index (κ1) is 20.1. The molecule has 0 saturated heterocycles. The number of aromatic amines is 1. The van der Waals surface area contributed by atoms with Crippen LogP contribution in [-0.2, 0) is 4.74 Å². The number of esters is 1. The van der Waals surface area contributed by atoms with Crippen LogP contribution in [-0.4, -0.2) is 48.4 Å². The van der Waals surface area contributed by atoms with Gasteiger partial charge in [-0.1, -0.05) is 36.4 Å². The Bertz CT molecular complexity index is 1080. The van der Waals surface area contributed by atoms with Crippen molar-refractivity contribution >= 4 is 28.2 Å². The van der Waals surface area contributed by atoms with Crippen LogP contribution in [0.5, 0.6) is 0 Å². The van der Waals surface area contributed by atoms with E-state index in [4.69, 9.17) is 4.74 Å². The topological polar surface area (TPSA) is 62.4 Å². The van der Waals surface area contributed by atoms with E-state index < -0.39 is 5.97 Å². The number of carbonyl (C=O) groups is 2. The lowest BCUT2D eigenvalue weighted by atomic mass is 9.99. The molecule has 1 aliphatic rings. The van der Waals surface area contributed by atoms with Gasteiger partial charge >= 0.3 is 5.97 Å². The van der Waals surface area contributed by atoms with Crippen LogP contribution in [0.3, 0.4) is 0 Å². The van der Waals surface area contributed by atoms with Crippen LogP contribution in [0.2, 0.25) is 0 Å². The summed E-state index contributed by atoms with van der Waals surface area (Å²) in [4.78, 5) is 30.1. The molecule has 1 N–H and O–H groups in total. The molecule has 5 heteroatoms. The number of ether oxygens (including phenoxy) is 1. The number of rotatable bonds is 7. The zero-order valence-electron chi connectivity index (χ0n) is 17.2. The highest BCUT2D eigenvalue weighted by Gasteiger charge is 2.16. The Hall–Kier alpha value is -3.18. The number of H-pyrrole nitrogens is 1. The van der Waals surface area contributed by atoms with Gasteiger partial charge < -0.3 is 9.72 Å². The van der Waals surface area contributed by atoms with E-state index in [1.54, 1.807) is 18.3 Å². The second-order valence-electron chi connectivity index (χ2n) is 7.63. The maximum absolute atomic E-state index is 12.8. The Morgan fingerprint density at radius 1 is 1.13 bits per heavy atom. The normalized spacial score (nSPS) is 14.5. The molecular formula is C25H26N2O3. The zero-order valence-corrected chi connectivity index (χ0v) is 17.2. The highest BCUT2D eigenvalue weighted by Crippen LogP contribution is 2.24. The molecule has 5 nitrogen and oxygen atoms in total. The van der Waals surface area contributed by atoms with Crippen LogP contribution in [0.25, 0.3) is 16.5 Å². The molecule has 0 unspecified atom stereocenters. The van der Waals surface area contributed by atoms with Crippen molar-refractivity contribution < 1.29 is 14.3 Å². The number of benzene rings is 2. The van der Waals surface area contributed by atoms with Crippen LogP contribution < -0.4 is 0 Å². The third-order valence-electron chi connectivity index (χ3n) is 5.72. The Kier molecular flexibility index (Phi) is 6.10. The molecule has 0 radical (unpaired) electrons. The number of hydrogen-bond acceptors (Lipinski definition) is 4. The van der Waals surface area contributed by atoms with Gasteiger partial charge in [0.25, 0.3) is 0 Å². The van der Waals surface area contributed by atoms with Crippen LogP contribution in [0.4, 0.5) is 0 Å². The molecule has 3 aromatic rings. The minimum atomic E-state index is -0.399. The van der Waals surface area contributed by atoms with Gasteiger partial charge in [-0.15, -0.1) is 0 Å². The maximum atomic E-state index is 12.8. The summed E-state index contributed by atoms with van der Waals surface area (Å²) in [6.45, 7) is 2.85. The summed E-state index contributed by atoms with van der Waals surface area (Å²) in [6.07, 6.45) is 6.38. The average molecular weight is 402 g/mol. The minimum absolute atomic E-state index is 0.0980. The molecule has 0 atom stereocenters. The van der Waals surface area contributed by atoms with Crippen molar-refractivity contribution in [2.45, 2.75) is 19.3 Å². The largest absolute Gasteiger partial charge is 0.465 e. The quantitative estimate of drug-likeness (QED) is 0.459. The fourth-order valence-electron chi connectivity index (χ4n) is 4.02. The van der Waals surface area contributed by atoms with Gasteiger partial charge in [0.2, 0.25) is 0 Å². The third-order valence-corrected chi connectivity index (χ3v) is 5.72. The Balaban J connectivity index is 1.33. The molecule has 1 aliphatic heterocycles. The summed E-state index contributed by atoms with van der Waals surface area (Å²) in [7, 11) is 1.36. The molecule has 0 amide bonds. The fourth-order valence-corrected chi connectivity index (χ4v) is 4.02. The molecule has 0 saturated carbocycles. The third kappa shape index (κ3) is 4.36. The lowest BCUT2D eigenvalue weighted by Gasteiger charge is -2.26. The van der Waals surface area contributed by atoms with Crippen LogP contribution in [0, 0.1) is 0 Å². The van der Waals surface area contributed by atoms with Gasteiger partial charge in [-0.2, -0.15) is 0 Å². The Labute approximate surface area is 176 Å². The van der Waals surface area contributed by atoms with E-state index in [0.717, 1.165) is 43.4 Å². The molecule has 1 aromatic heterocycles. The standard InChI is InChI=1S/C25H26N2O3/c1-30-25(29)20-9-10-23-21(16-20)22(17-26-23)24(28)8-5-13-27-14-11-19(12-15-27)18-6-3-2-4-7-18/h2-4,6-7,9-11,16-17,26H,5,8,12-15H2,1H3. The monoisotopic (exact) mass is 402 g/mol. The first-order chi connectivity index (χ1) is 14.7. The van der Waals surface area contributed by atoms with Crippen molar-refractivity contribution in [2.24, 2.45) is 0 Å². The van der Waals surface area contributed by atoms with Gasteiger partial charge in [0, 0.05) is 42.2 Å². The van der Waals surface area contributed by atoms with E-state index >= 15 is 0 Å². The van der Waals surface area contributed by atoms with Gasteiger partial charge in [0.15, 0.2) is 5.78 Å². The number of methoxy groups -OCH3 is 1. The fraction of sp³-hybridized carbons (Fsp3) is 0.280. The predicted molar refractivity (Wildman–Crippen MR) is 119 cm³/mol. The SMILES string of the molecule is COC(=O)c1ccc2[nH]cc(C(=O)CCCN3CC=C(c4ccccc4)CC3)c2c1. The predicted octanol–water partition coefficient (Wildman–Crippen LogP) is 4.71. The number of hydrogen-bond donors (Lipinski definition) is 1. The molecule has 4 rings (SSSR count). The molecule has 2 heterocycles. The zero-order chi connectivity index (χ0) is 20.9. The summed E-state index contributed by atoms with van der Waals surface area (Å²) in [5.74, 6) is -0.301. The second kappa shape index (κ2) is 9.09. The van der Waals surface area contributed by atoms with Gasteiger partial charge in [-0.3, -0.25) is 9.69 Å². The van der Waals surface area contributed by atoms with Crippen molar-refractivity contribution in [2.75, 3.05) is 26.7 Å². The summed E-state index contributed by atoms with van der Waals surface area (Å²) in [5.41, 5.74) is 4.65. The van der Waals surface area contributed by atoms with Crippen molar-refractivity contribution in [3.8, 4) is 0 Å². The van der Waals surface area contributed by atoms with Crippen molar-refractivity contribution in [1.29, 1.82) is 0 Å². The minimum Gasteiger partial charge on any atom is -0.465 e. The van der Waals surface area contributed by atoms with Gasteiger partial charge in [-0.25, -0.2) is 4.79 Å². The first-order valence-electron chi connectivity index (χ1n) is 10.3. The number of carbonyl (C=O) groups excluding carboxylic acids is 2. The van der Waals surface area contributed by atoms with Gasteiger partial charge in [0.1, 0.15) is 0 Å². The van der Waals surface area contributed by atoms with Crippen LogP contribution in [0.15, 0.2) is 60.8 Å². The van der Waals surface area contributed by atoms with Gasteiger partial charge in [0.05, 0.1) is 12.7 Å². The van der Waals surface area contributed by atoms with E-state index in [1.807, 2.05) is 12.1 Å². The van der Waals surface area contributed by atoms with E-state index in [9.17, 15) is 9.59 Å². The molecule has 0 spiro atoms. The smallest absolute Gasteiger partial charge is 0.337 e. The summed E-state index contributed by atoms with van der Waals surface area (Å²) in [6, 6.07) is 15.8. The van der Waals surface area contributed by atoms with Crippen molar-refractivity contribution in [3.63, 3.8) is 0 Å². The number of nitrogens with zero attached hydrogens (tertiary/aromatic N) is 1. The Morgan fingerprint density at radius 3 is 2.70 bits per heavy atom. The number of aromatic nitrogens is 1. The van der Waals surface area contributed by atoms with Crippen LogP contribution in [0.1, 0.15) is 45.5 Å². The molecule has 0 aliphatic carbocycles. The lowest BCUT2D eigenvalue weighted by Crippen LogP contribution is -2.29. The average Bonchev–Trinajstić information content (AvgIpc) is 3.23. The number of nitrogens with one attached hydrogen (secondary N) is 1. The number of Topliss-reactive ketones (excluding diaryl/α,β-unsaturated/α-hetero) is 1. The molecule has 2 aromatic carbocycles. The van der Waals surface area contributed by atoms with E-state index in [0.29, 0.717) is 17.5 Å². The number of ketones is 1. The summed E-state index contributed by atoms with van der Waals surface area (Å²) < 4.78 is 4.79. The Morgan fingerprint density at radius 2 is 1.97 bits per heavy atom. The van der Waals surface area contributed by atoms with Crippen molar-refractivity contribution in [3.05, 3.63) is 77.5 Å². The molecular weight excluding hydrogens is 376 g/mol. The lowest BCUT2D eigenvalue weighted by molar-refractivity contribution is 0.0600.